The number of benzene rings is 1. The van der Waals surface area contributed by atoms with Crippen molar-refractivity contribution >= 4 is 28.9 Å². The highest BCUT2D eigenvalue weighted by molar-refractivity contribution is 6.35. The molecule has 0 unspecified atom stereocenters. The summed E-state index contributed by atoms with van der Waals surface area (Å²) in [4.78, 5) is 28.7. The molecule has 1 aromatic heterocycles. The average molecular weight is 288 g/mol. The van der Waals surface area contributed by atoms with Crippen LogP contribution in [0.2, 0.25) is 0 Å². The van der Waals surface area contributed by atoms with E-state index in [4.69, 9.17) is 0 Å². The smallest absolute Gasteiger partial charge is 0.305 e. The third kappa shape index (κ3) is 1.97. The Kier molecular flexibility index (Phi) is 2.79. The molecule has 0 aliphatic carbocycles. The van der Waals surface area contributed by atoms with E-state index in [9.17, 15) is 19.3 Å². The van der Waals surface area contributed by atoms with E-state index >= 15 is 0 Å². The van der Waals surface area contributed by atoms with E-state index in [1.165, 1.54) is 18.5 Å². The lowest BCUT2D eigenvalue weighted by atomic mass is 10.0. The maximum Gasteiger partial charge on any atom is 0.305 e. The second-order valence-corrected chi connectivity index (χ2v) is 4.49. The van der Waals surface area contributed by atoms with Crippen LogP contribution in [0.1, 0.15) is 17.0 Å². The van der Waals surface area contributed by atoms with Crippen molar-refractivity contribution in [2.24, 2.45) is 0 Å². The fraction of sp³-hybridized carbons (Fsp3) is 0.0769. The number of nitro groups is 1. The summed E-state index contributed by atoms with van der Waals surface area (Å²) in [6.45, 7) is 1.72. The largest absolute Gasteiger partial charge is 0.345 e. The summed E-state index contributed by atoms with van der Waals surface area (Å²) in [6, 6.07) is 2.34. The zero-order valence-electron chi connectivity index (χ0n) is 10.8. The van der Waals surface area contributed by atoms with Gasteiger partial charge >= 0.3 is 5.69 Å². The summed E-state index contributed by atoms with van der Waals surface area (Å²) in [6.07, 6.45) is 2.87. The molecule has 7 nitrogen and oxygen atoms in total. The van der Waals surface area contributed by atoms with Crippen LogP contribution in [0.3, 0.4) is 0 Å². The van der Waals surface area contributed by atoms with E-state index in [2.05, 4.69) is 15.3 Å². The predicted octanol–water partition coefficient (Wildman–Crippen LogP) is 2.26. The summed E-state index contributed by atoms with van der Waals surface area (Å²) in [7, 11) is 0. The number of H-pyrrole nitrogens is 1. The van der Waals surface area contributed by atoms with Gasteiger partial charge < -0.3 is 10.3 Å². The van der Waals surface area contributed by atoms with Crippen LogP contribution in [0.15, 0.2) is 18.5 Å². The third-order valence-electron chi connectivity index (χ3n) is 3.24. The molecule has 1 aliphatic heterocycles. The molecule has 2 N–H and O–H groups in total. The summed E-state index contributed by atoms with van der Waals surface area (Å²) < 4.78 is 14.3. The molecule has 2 aromatic rings. The zero-order valence-corrected chi connectivity index (χ0v) is 10.8. The van der Waals surface area contributed by atoms with Crippen molar-refractivity contribution in [1.82, 2.24) is 9.97 Å². The summed E-state index contributed by atoms with van der Waals surface area (Å²) >= 11 is 0. The molecule has 0 spiro atoms. The van der Waals surface area contributed by atoms with Crippen molar-refractivity contribution in [2.45, 2.75) is 6.92 Å². The molecule has 3 rings (SSSR count). The van der Waals surface area contributed by atoms with Crippen LogP contribution in [0.4, 0.5) is 15.8 Å². The van der Waals surface area contributed by atoms with Crippen LogP contribution in [0, 0.1) is 22.9 Å². The molecule has 0 radical (unpaired) electrons. The normalized spacial score (nSPS) is 15.1. The van der Waals surface area contributed by atoms with Gasteiger partial charge in [0.05, 0.1) is 39.5 Å². The Hall–Kier alpha value is -3.03. The Morgan fingerprint density at radius 2 is 2.19 bits per heavy atom. The van der Waals surface area contributed by atoms with E-state index in [-0.39, 0.29) is 16.8 Å². The number of aryl methyl sites for hydroxylation is 1. The van der Waals surface area contributed by atoms with Crippen LogP contribution in [0.25, 0.3) is 11.6 Å². The molecule has 0 bridgehead atoms. The number of imidazole rings is 1. The molecule has 106 valence electrons. The number of rotatable bonds is 2. The monoisotopic (exact) mass is 288 g/mol. The number of nitrogens with zero attached hydrogens (tertiary/aromatic N) is 2. The average Bonchev–Trinajstić information content (AvgIpc) is 2.95. The van der Waals surface area contributed by atoms with Gasteiger partial charge in [-0.1, -0.05) is 0 Å². The highest BCUT2D eigenvalue weighted by atomic mass is 19.1. The first-order chi connectivity index (χ1) is 9.99. The topological polar surface area (TPSA) is 101 Å². The molecule has 21 heavy (non-hydrogen) atoms. The Morgan fingerprint density at radius 1 is 1.43 bits per heavy atom. The fourth-order valence-electron chi connectivity index (χ4n) is 2.18. The van der Waals surface area contributed by atoms with Gasteiger partial charge in [0.1, 0.15) is 0 Å². The van der Waals surface area contributed by atoms with Crippen LogP contribution in [0.5, 0.6) is 0 Å². The summed E-state index contributed by atoms with van der Waals surface area (Å²) in [5.41, 5.74) is 0.652. The Bertz CT molecular complexity index is 810. The minimum absolute atomic E-state index is 0.0264. The van der Waals surface area contributed by atoms with E-state index in [1.807, 2.05) is 0 Å². The van der Waals surface area contributed by atoms with Gasteiger partial charge in [-0.2, -0.15) is 4.39 Å². The highest BCUT2D eigenvalue weighted by Crippen LogP contribution is 2.38. The molecular weight excluding hydrogens is 279 g/mol. The molecule has 8 heteroatoms. The maximum absolute atomic E-state index is 14.3. The van der Waals surface area contributed by atoms with Gasteiger partial charge in [-0.25, -0.2) is 4.98 Å². The Labute approximate surface area is 117 Å². The van der Waals surface area contributed by atoms with Gasteiger partial charge in [-0.3, -0.25) is 14.9 Å². The molecule has 0 atom stereocenters. The van der Waals surface area contributed by atoms with Gasteiger partial charge in [-0.05, 0) is 19.1 Å². The summed E-state index contributed by atoms with van der Waals surface area (Å²) in [5, 5.41) is 13.3. The second-order valence-electron chi connectivity index (χ2n) is 4.49. The number of aromatic amines is 1. The third-order valence-corrected chi connectivity index (χ3v) is 3.24. The fourth-order valence-corrected chi connectivity index (χ4v) is 2.18. The first-order valence-corrected chi connectivity index (χ1v) is 5.99. The van der Waals surface area contributed by atoms with Crippen molar-refractivity contribution in [3.63, 3.8) is 0 Å². The van der Waals surface area contributed by atoms with Crippen molar-refractivity contribution in [3.05, 3.63) is 51.3 Å². The number of halogens is 1. The number of aromatic nitrogens is 2. The first-order valence-electron chi connectivity index (χ1n) is 5.99. The minimum atomic E-state index is -1.03. The molecule has 2 heterocycles. The number of carbonyl (C=O) groups is 1. The van der Waals surface area contributed by atoms with Crippen molar-refractivity contribution in [2.75, 3.05) is 5.32 Å². The van der Waals surface area contributed by atoms with E-state index in [0.29, 0.717) is 11.4 Å². The van der Waals surface area contributed by atoms with E-state index < -0.39 is 22.3 Å². The lowest BCUT2D eigenvalue weighted by Crippen LogP contribution is -2.03. The predicted molar refractivity (Wildman–Crippen MR) is 72.9 cm³/mol. The van der Waals surface area contributed by atoms with Crippen molar-refractivity contribution in [3.8, 4) is 0 Å². The van der Waals surface area contributed by atoms with Gasteiger partial charge in [-0.15, -0.1) is 0 Å². The number of nitro benzene ring substituents is 1. The van der Waals surface area contributed by atoms with Crippen LogP contribution < -0.4 is 5.32 Å². The lowest BCUT2D eigenvalue weighted by Gasteiger charge is -2.01. The first kappa shape index (κ1) is 13.0. The van der Waals surface area contributed by atoms with Crippen molar-refractivity contribution < 1.29 is 14.1 Å². The molecular formula is C13H9FN4O3. The lowest BCUT2D eigenvalue weighted by molar-refractivity contribution is -0.387. The zero-order chi connectivity index (χ0) is 15.1. The van der Waals surface area contributed by atoms with E-state index in [0.717, 1.165) is 6.07 Å². The number of hydrogen-bond acceptors (Lipinski definition) is 4. The molecule has 1 amide bonds. The minimum Gasteiger partial charge on any atom is -0.345 e. The Morgan fingerprint density at radius 3 is 2.81 bits per heavy atom. The standard InChI is InChI=1S/C13H9FN4O3/c1-6-9(16-5-15-6)4-7-11-8(17-13(7)19)2-3-10(12(11)14)18(20)21/h2-5H,1H3,(H,15,16)(H,17,19). The van der Waals surface area contributed by atoms with Crippen molar-refractivity contribution in [1.29, 1.82) is 0 Å². The molecule has 1 aliphatic rings. The van der Waals surface area contributed by atoms with Crippen LogP contribution >= 0.6 is 0 Å². The maximum atomic E-state index is 14.3. The number of anilines is 1. The number of fused-ring (bicyclic) bond motifs is 1. The number of nitrogens with one attached hydrogen (secondary N) is 2. The highest BCUT2D eigenvalue weighted by Gasteiger charge is 2.32. The van der Waals surface area contributed by atoms with E-state index in [1.54, 1.807) is 6.92 Å². The molecule has 0 saturated heterocycles. The quantitative estimate of drug-likeness (QED) is 0.502. The molecule has 1 aromatic carbocycles. The summed E-state index contributed by atoms with van der Waals surface area (Å²) in [5.74, 6) is -1.54. The molecule has 0 fully saturated rings. The molecule has 0 saturated carbocycles. The number of amides is 1. The van der Waals surface area contributed by atoms with Gasteiger partial charge in [0, 0.05) is 6.07 Å². The van der Waals surface area contributed by atoms with Crippen LogP contribution in [-0.2, 0) is 4.79 Å². The van der Waals surface area contributed by atoms with Gasteiger partial charge in [0.2, 0.25) is 5.82 Å². The SMILES string of the molecule is Cc1nc[nH]c1C=C1C(=O)Nc2ccc([N+](=O)[O-])c(F)c21. The Balaban J connectivity index is 2.21. The second kappa shape index (κ2) is 4.51. The van der Waals surface area contributed by atoms with Gasteiger partial charge in [0.25, 0.3) is 5.91 Å². The van der Waals surface area contributed by atoms with Gasteiger partial charge in [0.15, 0.2) is 0 Å². The number of hydrogen-bond donors (Lipinski definition) is 2. The van der Waals surface area contributed by atoms with Crippen LogP contribution in [-0.4, -0.2) is 20.8 Å². The number of carbonyl (C=O) groups excluding carboxylic acids is 1.